The van der Waals surface area contributed by atoms with Gasteiger partial charge in [-0.25, -0.2) is 14.6 Å². The Kier molecular flexibility index (Phi) is 5.99. The molecular weight excluding hydrogens is 435 g/mol. The predicted octanol–water partition coefficient (Wildman–Crippen LogP) is 4.10. The first-order valence-corrected chi connectivity index (χ1v) is 9.94. The average Bonchev–Trinajstić information content (AvgIpc) is 3.20. The van der Waals surface area contributed by atoms with Crippen molar-refractivity contribution in [3.05, 3.63) is 33.9 Å². The number of Topliss-reactive ketones (excluding diaryl/α,β-unsaturated/α-hetero) is 1. The van der Waals surface area contributed by atoms with Gasteiger partial charge in [-0.1, -0.05) is 11.8 Å². The van der Waals surface area contributed by atoms with Crippen molar-refractivity contribution in [2.45, 2.75) is 36.6 Å². The van der Waals surface area contributed by atoms with E-state index in [-0.39, 0.29) is 40.7 Å². The summed E-state index contributed by atoms with van der Waals surface area (Å²) in [6.45, 7) is 0.340. The summed E-state index contributed by atoms with van der Waals surface area (Å²) < 4.78 is 41.2. The lowest BCUT2D eigenvalue weighted by molar-refractivity contribution is -0.145. The number of hydrogen-bond acceptors (Lipinski definition) is 7. The van der Waals surface area contributed by atoms with Crippen molar-refractivity contribution in [1.82, 2.24) is 19.7 Å². The monoisotopic (exact) mass is 449 g/mol. The second-order valence-corrected chi connectivity index (χ2v) is 8.22. The van der Waals surface area contributed by atoms with E-state index in [2.05, 4.69) is 15.1 Å². The average molecular weight is 450 g/mol. The van der Waals surface area contributed by atoms with Gasteiger partial charge in [0.2, 0.25) is 5.82 Å². The van der Waals surface area contributed by atoms with E-state index in [9.17, 15) is 18.0 Å². The van der Waals surface area contributed by atoms with Crippen LogP contribution in [0.5, 0.6) is 0 Å². The topological polar surface area (TPSA) is 86.7 Å². The van der Waals surface area contributed by atoms with Crippen molar-refractivity contribution in [3.8, 4) is 0 Å². The van der Waals surface area contributed by atoms with E-state index < -0.39 is 12.0 Å². The molecular formula is C16H15ClF3N5OS2. The smallest absolute Gasteiger partial charge is 0.326 e. The lowest BCUT2D eigenvalue weighted by Crippen LogP contribution is -2.13. The Labute approximate surface area is 172 Å². The number of alkyl halides is 3. The second kappa shape index (κ2) is 7.97. The molecule has 1 fully saturated rings. The van der Waals surface area contributed by atoms with Crippen LogP contribution in [0.3, 0.4) is 0 Å². The molecule has 3 aromatic rings. The van der Waals surface area contributed by atoms with Crippen molar-refractivity contribution >= 4 is 52.3 Å². The molecule has 0 amide bonds. The van der Waals surface area contributed by atoms with E-state index in [4.69, 9.17) is 5.73 Å². The van der Waals surface area contributed by atoms with Crippen LogP contribution >= 0.6 is 35.5 Å². The van der Waals surface area contributed by atoms with Gasteiger partial charge >= 0.3 is 6.18 Å². The van der Waals surface area contributed by atoms with E-state index in [1.165, 1.54) is 22.2 Å². The van der Waals surface area contributed by atoms with Crippen LogP contribution in [-0.4, -0.2) is 31.3 Å². The number of nitrogens with two attached hydrogens (primary N) is 1. The molecule has 3 aromatic heterocycles. The Morgan fingerprint density at radius 1 is 1.32 bits per heavy atom. The lowest BCUT2D eigenvalue weighted by atomic mass is 10.3. The number of hydrogen-bond donors (Lipinski definition) is 1. The molecule has 0 radical (unpaired) electrons. The zero-order valence-corrected chi connectivity index (χ0v) is 16.7. The second-order valence-electron chi connectivity index (χ2n) is 6.09. The van der Waals surface area contributed by atoms with Crippen LogP contribution in [0.2, 0.25) is 0 Å². The quantitative estimate of drug-likeness (QED) is 0.346. The normalized spacial score (nSPS) is 14.3. The zero-order valence-electron chi connectivity index (χ0n) is 14.3. The van der Waals surface area contributed by atoms with Gasteiger partial charge in [-0.3, -0.25) is 4.79 Å². The third-order valence-corrected chi connectivity index (χ3v) is 6.18. The van der Waals surface area contributed by atoms with E-state index >= 15 is 0 Å². The number of nitrogens with zero attached hydrogens (tertiary/aromatic N) is 4. The maximum absolute atomic E-state index is 13.2. The highest BCUT2D eigenvalue weighted by atomic mass is 35.5. The van der Waals surface area contributed by atoms with Gasteiger partial charge in [0.15, 0.2) is 11.4 Å². The largest absolute Gasteiger partial charge is 0.451 e. The number of fused-ring (bicyclic) bond motifs is 1. The zero-order chi connectivity index (χ0) is 19.2. The SMILES string of the molecule is Cl.NCc1ccc(C(=O)CSc2nc(C(F)(F)F)nc3c2cnn3C2CC2)s1. The first kappa shape index (κ1) is 21.0. The predicted molar refractivity (Wildman–Crippen MR) is 103 cm³/mol. The fourth-order valence-electron chi connectivity index (χ4n) is 2.57. The third-order valence-electron chi connectivity index (χ3n) is 4.04. The first-order chi connectivity index (χ1) is 12.9. The Balaban J connectivity index is 0.00000225. The molecule has 1 aliphatic rings. The molecule has 150 valence electrons. The summed E-state index contributed by atoms with van der Waals surface area (Å²) >= 11 is 2.25. The number of thiophene rings is 1. The molecule has 1 aliphatic carbocycles. The first-order valence-electron chi connectivity index (χ1n) is 8.14. The molecule has 2 N–H and O–H groups in total. The van der Waals surface area contributed by atoms with Crippen LogP contribution in [0.15, 0.2) is 23.4 Å². The number of carbonyl (C=O) groups is 1. The van der Waals surface area contributed by atoms with E-state index in [1.54, 1.807) is 12.1 Å². The number of ketones is 1. The highest BCUT2D eigenvalue weighted by Gasteiger charge is 2.37. The van der Waals surface area contributed by atoms with E-state index in [1.807, 2.05) is 0 Å². The molecule has 6 nitrogen and oxygen atoms in total. The highest BCUT2D eigenvalue weighted by Crippen LogP contribution is 2.39. The van der Waals surface area contributed by atoms with Crippen LogP contribution < -0.4 is 5.73 Å². The molecule has 4 rings (SSSR count). The fraction of sp³-hybridized carbons (Fsp3) is 0.375. The lowest BCUT2D eigenvalue weighted by Gasteiger charge is -2.09. The van der Waals surface area contributed by atoms with Crippen LogP contribution in [0.1, 0.15) is 39.3 Å². The minimum atomic E-state index is -4.67. The van der Waals surface area contributed by atoms with Crippen LogP contribution in [-0.2, 0) is 12.7 Å². The molecule has 0 atom stereocenters. The van der Waals surface area contributed by atoms with Gasteiger partial charge in [-0.05, 0) is 25.0 Å². The summed E-state index contributed by atoms with van der Waals surface area (Å²) in [5.74, 6) is -1.42. The Morgan fingerprint density at radius 2 is 2.07 bits per heavy atom. The van der Waals surface area contributed by atoms with Crippen molar-refractivity contribution < 1.29 is 18.0 Å². The van der Waals surface area contributed by atoms with Gasteiger partial charge < -0.3 is 5.73 Å². The van der Waals surface area contributed by atoms with Gasteiger partial charge in [0, 0.05) is 11.4 Å². The van der Waals surface area contributed by atoms with Crippen molar-refractivity contribution in [2.24, 2.45) is 5.73 Å². The minimum absolute atomic E-state index is 0. The number of thioether (sulfide) groups is 1. The van der Waals surface area contributed by atoms with Gasteiger partial charge in [0.25, 0.3) is 0 Å². The molecule has 0 unspecified atom stereocenters. The molecule has 3 heterocycles. The van der Waals surface area contributed by atoms with Crippen LogP contribution in [0.4, 0.5) is 13.2 Å². The van der Waals surface area contributed by atoms with Crippen LogP contribution in [0, 0.1) is 0 Å². The molecule has 0 spiro atoms. The van der Waals surface area contributed by atoms with Crippen LogP contribution in [0.25, 0.3) is 11.0 Å². The summed E-state index contributed by atoms with van der Waals surface area (Å²) in [5, 5.41) is 4.72. The third kappa shape index (κ3) is 4.17. The van der Waals surface area contributed by atoms with Gasteiger partial charge in [0.05, 0.1) is 28.3 Å². The Hall–Kier alpha value is -1.69. The maximum atomic E-state index is 13.2. The fourth-order valence-corrected chi connectivity index (χ4v) is 4.35. The van der Waals surface area contributed by atoms with Crippen molar-refractivity contribution in [2.75, 3.05) is 5.75 Å². The minimum Gasteiger partial charge on any atom is -0.326 e. The number of rotatable bonds is 6. The Bertz CT molecular complexity index is 1020. The summed E-state index contributed by atoms with van der Waals surface area (Å²) in [4.78, 5) is 21.1. The molecule has 1 saturated carbocycles. The molecule has 12 heteroatoms. The molecule has 0 bridgehead atoms. The molecule has 28 heavy (non-hydrogen) atoms. The van der Waals surface area contributed by atoms with Crippen molar-refractivity contribution in [1.29, 1.82) is 0 Å². The summed E-state index contributed by atoms with van der Waals surface area (Å²) in [5.41, 5.74) is 5.70. The highest BCUT2D eigenvalue weighted by molar-refractivity contribution is 8.00. The maximum Gasteiger partial charge on any atom is 0.451 e. The number of aromatic nitrogens is 4. The molecule has 0 aliphatic heterocycles. The summed E-state index contributed by atoms with van der Waals surface area (Å²) in [6.07, 6.45) is -1.47. The number of halogens is 4. The molecule has 0 aromatic carbocycles. The van der Waals surface area contributed by atoms with E-state index in [0.29, 0.717) is 16.8 Å². The summed E-state index contributed by atoms with van der Waals surface area (Å²) in [6, 6.07) is 3.53. The Morgan fingerprint density at radius 3 is 2.68 bits per heavy atom. The van der Waals surface area contributed by atoms with Crippen molar-refractivity contribution in [3.63, 3.8) is 0 Å². The standard InChI is InChI=1S/C16H14F3N5OS2.ClH/c17-16(18,19)15-22-13-10(6-21-24(13)8-1-2-8)14(23-15)26-7-11(25)12-4-3-9(5-20)27-12;/h3-4,6,8H,1-2,5,7,20H2;1H. The summed E-state index contributed by atoms with van der Waals surface area (Å²) in [7, 11) is 0. The van der Waals surface area contributed by atoms with Gasteiger partial charge in [-0.15, -0.1) is 23.7 Å². The molecule has 0 saturated heterocycles. The van der Waals surface area contributed by atoms with E-state index in [0.717, 1.165) is 29.5 Å². The van der Waals surface area contributed by atoms with Gasteiger partial charge in [0.1, 0.15) is 5.03 Å². The van der Waals surface area contributed by atoms with Gasteiger partial charge in [-0.2, -0.15) is 18.3 Å². The number of carbonyl (C=O) groups excluding carboxylic acids is 1.